The maximum absolute atomic E-state index is 12.8. The van der Waals surface area contributed by atoms with Crippen LogP contribution in [0.25, 0.3) is 0 Å². The molecule has 0 aliphatic carbocycles. The summed E-state index contributed by atoms with van der Waals surface area (Å²) >= 11 is 0. The van der Waals surface area contributed by atoms with E-state index in [1.807, 2.05) is 97.2 Å². The number of hydrogen-bond acceptors (Lipinski definition) is 6. The molecule has 0 heterocycles. The van der Waals surface area contributed by atoms with Gasteiger partial charge in [-0.1, -0.05) is 255 Å². The molecule has 6 nitrogen and oxygen atoms in total. The zero-order valence-corrected chi connectivity index (χ0v) is 42.8. The molecular weight excluding hydrogens is 841 g/mol. The van der Waals surface area contributed by atoms with Crippen molar-refractivity contribution >= 4 is 17.9 Å². The third kappa shape index (κ3) is 51.7. The Kier molecular flexibility index (Phi) is 50.2. The molecule has 68 heavy (non-hydrogen) atoms. The van der Waals surface area contributed by atoms with Gasteiger partial charge in [0.1, 0.15) is 13.2 Å². The lowest BCUT2D eigenvalue weighted by Gasteiger charge is -2.18. The molecule has 0 saturated carbocycles. The van der Waals surface area contributed by atoms with Crippen LogP contribution >= 0.6 is 0 Å². The summed E-state index contributed by atoms with van der Waals surface area (Å²) < 4.78 is 16.8. The van der Waals surface area contributed by atoms with Gasteiger partial charge in [-0.15, -0.1) is 0 Å². The number of unbranched alkanes of at least 4 members (excludes halogenated alkanes) is 16. The first-order valence-electron chi connectivity index (χ1n) is 26.3. The Morgan fingerprint density at radius 2 is 0.574 bits per heavy atom. The SMILES string of the molecule is CC\C=C/C=C\C=C/C=C\C=C\C=C/CCCCCC(=O)OC(COC(=O)CCCCCCC\C=C/C=C\C=C/C=C\C=C/CCC)COC(=O)CCCCCCCCC\C=C/C=C\C=C/CC. The molecule has 1 unspecified atom stereocenters. The molecule has 0 rings (SSSR count). The van der Waals surface area contributed by atoms with Crippen LogP contribution in [0.4, 0.5) is 0 Å². The molecule has 0 aliphatic rings. The molecule has 0 aliphatic heterocycles. The number of allylic oxidation sites excluding steroid dienone is 28. The Hall–Kier alpha value is -5.23. The second-order valence-electron chi connectivity index (χ2n) is 16.7. The highest BCUT2D eigenvalue weighted by Crippen LogP contribution is 2.13. The van der Waals surface area contributed by atoms with Gasteiger partial charge < -0.3 is 14.2 Å². The van der Waals surface area contributed by atoms with Crippen LogP contribution < -0.4 is 0 Å². The molecule has 0 spiro atoms. The summed E-state index contributed by atoms with van der Waals surface area (Å²) in [5, 5.41) is 0. The van der Waals surface area contributed by atoms with Crippen molar-refractivity contribution in [2.75, 3.05) is 13.2 Å². The molecule has 6 heteroatoms. The van der Waals surface area contributed by atoms with Gasteiger partial charge in [0.25, 0.3) is 0 Å². The van der Waals surface area contributed by atoms with Crippen molar-refractivity contribution in [3.8, 4) is 0 Å². The van der Waals surface area contributed by atoms with Crippen molar-refractivity contribution in [2.24, 2.45) is 0 Å². The first kappa shape index (κ1) is 62.8. The van der Waals surface area contributed by atoms with Gasteiger partial charge in [0.15, 0.2) is 6.10 Å². The molecule has 1 atom stereocenters. The second-order valence-corrected chi connectivity index (χ2v) is 16.7. The van der Waals surface area contributed by atoms with E-state index in [2.05, 4.69) is 93.7 Å². The fraction of sp³-hybridized carbons (Fsp3) is 0.500. The highest BCUT2D eigenvalue weighted by atomic mass is 16.6. The van der Waals surface area contributed by atoms with Crippen LogP contribution in [0.5, 0.6) is 0 Å². The van der Waals surface area contributed by atoms with Gasteiger partial charge in [-0.25, -0.2) is 0 Å². The summed E-state index contributed by atoms with van der Waals surface area (Å²) in [5.41, 5.74) is 0. The van der Waals surface area contributed by atoms with Gasteiger partial charge in [0, 0.05) is 19.3 Å². The molecule has 0 fully saturated rings. The number of esters is 3. The molecule has 0 aromatic carbocycles. The molecule has 376 valence electrons. The highest BCUT2D eigenvalue weighted by molar-refractivity contribution is 5.71. The van der Waals surface area contributed by atoms with Gasteiger partial charge >= 0.3 is 17.9 Å². The normalized spacial score (nSPS) is 13.5. The molecule has 0 radical (unpaired) electrons. The number of hydrogen-bond donors (Lipinski definition) is 0. The van der Waals surface area contributed by atoms with E-state index in [9.17, 15) is 14.4 Å². The molecule has 0 bridgehead atoms. The lowest BCUT2D eigenvalue weighted by atomic mass is 10.1. The van der Waals surface area contributed by atoms with E-state index in [0.29, 0.717) is 19.3 Å². The molecular formula is C62H92O6. The third-order valence-corrected chi connectivity index (χ3v) is 10.3. The smallest absolute Gasteiger partial charge is 0.306 e. The predicted octanol–water partition coefficient (Wildman–Crippen LogP) is 17.6. The van der Waals surface area contributed by atoms with Crippen molar-refractivity contribution in [3.05, 3.63) is 170 Å². The molecule has 0 aromatic heterocycles. The van der Waals surface area contributed by atoms with Crippen molar-refractivity contribution in [2.45, 2.75) is 187 Å². The maximum Gasteiger partial charge on any atom is 0.306 e. The van der Waals surface area contributed by atoms with Crippen molar-refractivity contribution in [1.29, 1.82) is 0 Å². The number of carbonyl (C=O) groups excluding carboxylic acids is 3. The summed E-state index contributed by atoms with van der Waals surface area (Å²) in [4.78, 5) is 38.1. The van der Waals surface area contributed by atoms with Crippen LogP contribution in [0.2, 0.25) is 0 Å². The molecule has 0 saturated heterocycles. The van der Waals surface area contributed by atoms with Gasteiger partial charge in [-0.3, -0.25) is 14.4 Å². The third-order valence-electron chi connectivity index (χ3n) is 10.3. The summed E-state index contributed by atoms with van der Waals surface area (Å²) in [5.74, 6) is -1.02. The van der Waals surface area contributed by atoms with Crippen molar-refractivity contribution in [1.82, 2.24) is 0 Å². The lowest BCUT2D eigenvalue weighted by Crippen LogP contribution is -2.30. The lowest BCUT2D eigenvalue weighted by molar-refractivity contribution is -0.167. The van der Waals surface area contributed by atoms with Gasteiger partial charge in [-0.05, 0) is 77.0 Å². The summed E-state index contributed by atoms with van der Waals surface area (Å²) in [6.07, 6.45) is 80.3. The number of rotatable bonds is 44. The van der Waals surface area contributed by atoms with E-state index in [1.54, 1.807) is 0 Å². The minimum absolute atomic E-state index is 0.121. The van der Waals surface area contributed by atoms with Crippen molar-refractivity contribution < 1.29 is 28.6 Å². The Morgan fingerprint density at radius 1 is 0.309 bits per heavy atom. The largest absolute Gasteiger partial charge is 0.462 e. The van der Waals surface area contributed by atoms with Gasteiger partial charge in [-0.2, -0.15) is 0 Å². The Labute approximate surface area is 415 Å². The zero-order chi connectivity index (χ0) is 49.3. The average Bonchev–Trinajstić information content (AvgIpc) is 3.34. The van der Waals surface area contributed by atoms with E-state index < -0.39 is 6.10 Å². The van der Waals surface area contributed by atoms with Crippen LogP contribution in [0.15, 0.2) is 170 Å². The van der Waals surface area contributed by atoms with E-state index in [1.165, 1.54) is 25.7 Å². The average molecular weight is 933 g/mol. The van der Waals surface area contributed by atoms with Crippen LogP contribution in [0, 0.1) is 0 Å². The maximum atomic E-state index is 12.8. The van der Waals surface area contributed by atoms with Crippen LogP contribution in [0.1, 0.15) is 181 Å². The second kappa shape index (κ2) is 54.4. The van der Waals surface area contributed by atoms with Gasteiger partial charge in [0.05, 0.1) is 0 Å². The predicted molar refractivity (Wildman–Crippen MR) is 292 cm³/mol. The van der Waals surface area contributed by atoms with E-state index in [-0.39, 0.29) is 37.5 Å². The zero-order valence-electron chi connectivity index (χ0n) is 42.8. The molecule has 0 aromatic rings. The molecule has 0 amide bonds. The quantitative estimate of drug-likeness (QED) is 0.0262. The molecule has 0 N–H and O–H groups in total. The number of ether oxygens (including phenoxy) is 3. The van der Waals surface area contributed by atoms with Crippen LogP contribution in [0.3, 0.4) is 0 Å². The summed E-state index contributed by atoms with van der Waals surface area (Å²) in [6, 6.07) is 0. The van der Waals surface area contributed by atoms with E-state index >= 15 is 0 Å². The highest BCUT2D eigenvalue weighted by Gasteiger charge is 2.19. The minimum atomic E-state index is -0.827. The van der Waals surface area contributed by atoms with Crippen LogP contribution in [-0.2, 0) is 28.6 Å². The monoisotopic (exact) mass is 933 g/mol. The fourth-order valence-electron chi connectivity index (χ4n) is 6.38. The Balaban J connectivity index is 4.61. The minimum Gasteiger partial charge on any atom is -0.462 e. The first-order valence-corrected chi connectivity index (χ1v) is 26.3. The fourth-order valence-corrected chi connectivity index (χ4v) is 6.38. The van der Waals surface area contributed by atoms with Gasteiger partial charge in [0.2, 0.25) is 0 Å². The Bertz CT molecular complexity index is 1640. The first-order chi connectivity index (χ1) is 33.5. The summed E-state index contributed by atoms with van der Waals surface area (Å²) in [6.45, 7) is 6.17. The summed E-state index contributed by atoms with van der Waals surface area (Å²) in [7, 11) is 0. The van der Waals surface area contributed by atoms with E-state index in [0.717, 1.165) is 109 Å². The van der Waals surface area contributed by atoms with Crippen LogP contribution in [-0.4, -0.2) is 37.2 Å². The standard InChI is InChI=1S/C62H92O6/c1-4-7-10-13-16-19-22-25-28-30-32-34-37-40-43-46-49-52-55-61(64)67-58-59(57-66-60(63)54-51-48-45-42-39-36-33-27-24-21-18-15-12-9-6-3)68-62(65)56-53-50-47-44-41-38-35-31-29-26-23-20-17-14-11-8-5-2/h8-26,28-32,34-35,38,41,59H,4-7,27,33,36-37,39-40,42-58H2,1-3H3/b11-8-,12-9-,13-10-,17-14-,18-15-,19-16-,23-20-,24-21-,25-22-,29-26-,30-28-,34-32-,35-31+,41-38-. The van der Waals surface area contributed by atoms with Crippen molar-refractivity contribution in [3.63, 3.8) is 0 Å². The Morgan fingerprint density at radius 3 is 0.912 bits per heavy atom. The number of carbonyl (C=O) groups is 3. The van der Waals surface area contributed by atoms with E-state index in [4.69, 9.17) is 14.2 Å². The topological polar surface area (TPSA) is 78.9 Å².